The van der Waals surface area contributed by atoms with Crippen molar-refractivity contribution < 1.29 is 4.74 Å². The minimum Gasteiger partial charge on any atom is -0.373 e. The first-order valence-corrected chi connectivity index (χ1v) is 6.88. The summed E-state index contributed by atoms with van der Waals surface area (Å²) in [6.07, 6.45) is 5.54. The topological polar surface area (TPSA) is 64.3 Å². The molecule has 2 aromatic rings. The Kier molecular flexibility index (Phi) is 2.43. The number of rotatable bonds is 2. The van der Waals surface area contributed by atoms with Crippen LogP contribution < -0.4 is 5.32 Å². The molecular formula is C12H14ClN5O. The number of nitrogens with one attached hydrogen (secondary N) is 1. The van der Waals surface area contributed by atoms with Crippen LogP contribution in [0.3, 0.4) is 0 Å². The molecule has 6 nitrogen and oxygen atoms in total. The van der Waals surface area contributed by atoms with E-state index in [0.717, 1.165) is 24.2 Å². The number of halogens is 1. The van der Waals surface area contributed by atoms with Gasteiger partial charge in [-0.25, -0.2) is 0 Å². The lowest BCUT2D eigenvalue weighted by atomic mass is 9.95. The van der Waals surface area contributed by atoms with Gasteiger partial charge in [0.05, 0.1) is 18.2 Å². The van der Waals surface area contributed by atoms with E-state index in [9.17, 15) is 0 Å². The summed E-state index contributed by atoms with van der Waals surface area (Å²) >= 11 is 6.15. The van der Waals surface area contributed by atoms with Gasteiger partial charge < -0.3 is 10.1 Å². The van der Waals surface area contributed by atoms with Gasteiger partial charge in [-0.15, -0.1) is 0 Å². The molecule has 0 aromatic carbocycles. The van der Waals surface area contributed by atoms with Gasteiger partial charge in [-0.3, -0.25) is 0 Å². The quantitative estimate of drug-likeness (QED) is 0.850. The highest BCUT2D eigenvalue weighted by Gasteiger charge is 2.41. The number of fused-ring (bicyclic) bond motifs is 3. The first-order valence-electron chi connectivity index (χ1n) is 6.50. The van der Waals surface area contributed by atoms with E-state index in [4.69, 9.17) is 16.3 Å². The zero-order chi connectivity index (χ0) is 13.0. The Morgan fingerprint density at radius 3 is 3.11 bits per heavy atom. The minimum atomic E-state index is 0.301. The zero-order valence-electron chi connectivity index (χ0n) is 10.5. The van der Waals surface area contributed by atoms with Crippen molar-refractivity contribution in [1.29, 1.82) is 0 Å². The van der Waals surface area contributed by atoms with Crippen molar-refractivity contribution in [1.82, 2.24) is 19.6 Å². The Labute approximate surface area is 115 Å². The zero-order valence-corrected chi connectivity index (χ0v) is 11.3. The molecule has 1 N–H and O–H groups in total. The van der Waals surface area contributed by atoms with Gasteiger partial charge in [0.1, 0.15) is 17.3 Å². The summed E-state index contributed by atoms with van der Waals surface area (Å²) < 4.78 is 7.57. The fourth-order valence-corrected chi connectivity index (χ4v) is 3.20. The molecule has 7 heteroatoms. The molecule has 2 aliphatic rings. The first kappa shape index (κ1) is 11.4. The number of nitrogens with zero attached hydrogens (tertiary/aromatic N) is 4. The van der Waals surface area contributed by atoms with Gasteiger partial charge in [0.25, 0.3) is 5.78 Å². The van der Waals surface area contributed by atoms with Crippen LogP contribution >= 0.6 is 11.6 Å². The third-order valence-electron chi connectivity index (χ3n) is 4.03. The second-order valence-electron chi connectivity index (χ2n) is 5.21. The fraction of sp³-hybridized carbons (Fsp3) is 0.583. The number of ether oxygens (including phenoxy) is 1. The maximum absolute atomic E-state index is 6.15. The van der Waals surface area contributed by atoms with Crippen molar-refractivity contribution in [2.24, 2.45) is 0 Å². The maximum Gasteiger partial charge on any atom is 0.255 e. The van der Waals surface area contributed by atoms with Crippen molar-refractivity contribution in [2.45, 2.75) is 44.4 Å². The molecule has 0 radical (unpaired) electrons. The number of hydrogen-bond donors (Lipinski definition) is 1. The van der Waals surface area contributed by atoms with E-state index >= 15 is 0 Å². The van der Waals surface area contributed by atoms with Crippen LogP contribution in [-0.2, 0) is 4.74 Å². The summed E-state index contributed by atoms with van der Waals surface area (Å²) in [5, 5.41) is 8.19. The van der Waals surface area contributed by atoms with Crippen molar-refractivity contribution >= 4 is 23.2 Å². The van der Waals surface area contributed by atoms with Crippen molar-refractivity contribution in [3.05, 3.63) is 17.0 Å². The van der Waals surface area contributed by atoms with Crippen LogP contribution in [0, 0.1) is 6.92 Å². The molecule has 0 spiro atoms. The molecule has 2 bridgehead atoms. The van der Waals surface area contributed by atoms with E-state index in [-0.39, 0.29) is 0 Å². The Hall–Kier alpha value is -1.40. The van der Waals surface area contributed by atoms with Crippen molar-refractivity contribution in [3.63, 3.8) is 0 Å². The highest BCUT2D eigenvalue weighted by molar-refractivity contribution is 6.30. The molecule has 3 unspecified atom stereocenters. The van der Waals surface area contributed by atoms with Gasteiger partial charge in [0, 0.05) is 5.56 Å². The van der Waals surface area contributed by atoms with E-state index in [2.05, 4.69) is 20.4 Å². The average molecular weight is 280 g/mol. The lowest BCUT2D eigenvalue weighted by Gasteiger charge is -2.22. The summed E-state index contributed by atoms with van der Waals surface area (Å²) in [6.45, 7) is 1.94. The van der Waals surface area contributed by atoms with Crippen molar-refractivity contribution in [3.8, 4) is 0 Å². The van der Waals surface area contributed by atoms with Crippen LogP contribution in [0.4, 0.5) is 5.82 Å². The molecule has 2 fully saturated rings. The number of aromatic nitrogens is 4. The summed E-state index contributed by atoms with van der Waals surface area (Å²) in [6, 6.07) is 0.323. The number of anilines is 1. The molecule has 4 rings (SSSR count). The molecule has 3 atom stereocenters. The second kappa shape index (κ2) is 4.05. The van der Waals surface area contributed by atoms with Crippen LogP contribution in [0.5, 0.6) is 0 Å². The maximum atomic E-state index is 6.15. The SMILES string of the molecule is Cc1c(Cl)nc2ncnn2c1NC1CC2CCC1O2. The molecule has 0 saturated carbocycles. The Balaban J connectivity index is 1.74. The van der Waals surface area contributed by atoms with Gasteiger partial charge in [0.15, 0.2) is 0 Å². The Bertz CT molecular complexity index is 642. The largest absolute Gasteiger partial charge is 0.373 e. The second-order valence-corrected chi connectivity index (χ2v) is 5.57. The summed E-state index contributed by atoms with van der Waals surface area (Å²) in [7, 11) is 0. The molecule has 2 aliphatic heterocycles. The lowest BCUT2D eigenvalue weighted by Crippen LogP contribution is -2.31. The third kappa shape index (κ3) is 1.70. The number of hydrogen-bond acceptors (Lipinski definition) is 5. The first-order chi connectivity index (χ1) is 9.22. The van der Waals surface area contributed by atoms with Crippen molar-refractivity contribution in [2.75, 3.05) is 5.32 Å². The van der Waals surface area contributed by atoms with Crippen LogP contribution in [0.15, 0.2) is 6.33 Å². The van der Waals surface area contributed by atoms with Crippen LogP contribution in [0.2, 0.25) is 5.15 Å². The van der Waals surface area contributed by atoms with E-state index in [1.807, 2.05) is 6.92 Å². The molecule has 100 valence electrons. The van der Waals surface area contributed by atoms with Gasteiger partial charge in [-0.2, -0.15) is 19.6 Å². The third-order valence-corrected chi connectivity index (χ3v) is 4.40. The van der Waals surface area contributed by atoms with Crippen LogP contribution in [0.1, 0.15) is 24.8 Å². The molecule has 2 saturated heterocycles. The summed E-state index contributed by atoms with van der Waals surface area (Å²) in [4.78, 5) is 8.29. The molecular weight excluding hydrogens is 266 g/mol. The summed E-state index contributed by atoms with van der Waals surface area (Å²) in [5.74, 6) is 1.39. The molecule has 2 aromatic heterocycles. The predicted octanol–water partition coefficient (Wildman–Crippen LogP) is 1.82. The van der Waals surface area contributed by atoms with Gasteiger partial charge in [0.2, 0.25) is 0 Å². The van der Waals surface area contributed by atoms with E-state index in [1.165, 1.54) is 12.7 Å². The van der Waals surface area contributed by atoms with E-state index < -0.39 is 0 Å². The summed E-state index contributed by atoms with van der Waals surface area (Å²) in [5.41, 5.74) is 0.891. The highest BCUT2D eigenvalue weighted by Crippen LogP contribution is 2.36. The monoisotopic (exact) mass is 279 g/mol. The van der Waals surface area contributed by atoms with Crippen LogP contribution in [0.25, 0.3) is 5.78 Å². The Morgan fingerprint density at radius 2 is 2.37 bits per heavy atom. The van der Waals surface area contributed by atoms with Gasteiger partial charge in [-0.05, 0) is 26.2 Å². The lowest BCUT2D eigenvalue weighted by molar-refractivity contribution is 0.102. The van der Waals surface area contributed by atoms with E-state index in [0.29, 0.717) is 29.2 Å². The fourth-order valence-electron chi connectivity index (χ4n) is 3.03. The minimum absolute atomic E-state index is 0.301. The highest BCUT2D eigenvalue weighted by atomic mass is 35.5. The average Bonchev–Trinajstić information content (AvgIpc) is 3.09. The molecule has 19 heavy (non-hydrogen) atoms. The normalized spacial score (nSPS) is 29.3. The smallest absolute Gasteiger partial charge is 0.255 e. The molecule has 4 heterocycles. The van der Waals surface area contributed by atoms with E-state index in [1.54, 1.807) is 4.52 Å². The molecule has 0 amide bonds. The molecule has 0 aliphatic carbocycles. The standard InChI is InChI=1S/C12H14ClN5O/c1-6-10(13)17-12-14-5-15-18(12)11(6)16-8-4-7-2-3-9(8)19-7/h5,7-9,16H,2-4H2,1H3. The van der Waals surface area contributed by atoms with Gasteiger partial charge in [-0.1, -0.05) is 11.6 Å². The Morgan fingerprint density at radius 1 is 1.47 bits per heavy atom. The van der Waals surface area contributed by atoms with Crippen LogP contribution in [-0.4, -0.2) is 37.8 Å². The predicted molar refractivity (Wildman–Crippen MR) is 70.5 cm³/mol. The van der Waals surface area contributed by atoms with Gasteiger partial charge >= 0.3 is 0 Å².